The number of nitrogens with zero attached hydrogens (tertiary/aromatic N) is 4. The standard InChI is InChI=1S/C14H21ClN4O/c1-5-11-10(8-18(4)17-11)13(20)7-12-14(15)9(3)16-19(12)6-2/h8,13,20H,5-7H2,1-4H3. The van der Waals surface area contributed by atoms with Gasteiger partial charge in [0.25, 0.3) is 0 Å². The lowest BCUT2D eigenvalue weighted by molar-refractivity contribution is 0.174. The first-order valence-electron chi connectivity index (χ1n) is 6.90. The molecule has 0 amide bonds. The molecule has 0 aliphatic rings. The first-order chi connectivity index (χ1) is 9.47. The zero-order valence-electron chi connectivity index (χ0n) is 12.4. The zero-order chi connectivity index (χ0) is 14.9. The van der Waals surface area contributed by atoms with E-state index in [4.69, 9.17) is 11.6 Å². The van der Waals surface area contributed by atoms with Crippen LogP contribution in [0.1, 0.15) is 42.6 Å². The van der Waals surface area contributed by atoms with Gasteiger partial charge in [0.15, 0.2) is 0 Å². The first kappa shape index (κ1) is 15.1. The van der Waals surface area contributed by atoms with E-state index < -0.39 is 6.10 Å². The highest BCUT2D eigenvalue weighted by molar-refractivity contribution is 6.31. The van der Waals surface area contributed by atoms with E-state index in [1.807, 2.05) is 38.7 Å². The van der Waals surface area contributed by atoms with Gasteiger partial charge in [0.2, 0.25) is 0 Å². The Morgan fingerprint density at radius 2 is 2.05 bits per heavy atom. The summed E-state index contributed by atoms with van der Waals surface area (Å²) in [5, 5.41) is 19.9. The summed E-state index contributed by atoms with van der Waals surface area (Å²) < 4.78 is 3.59. The Labute approximate surface area is 124 Å². The molecule has 0 aliphatic carbocycles. The summed E-state index contributed by atoms with van der Waals surface area (Å²) in [6, 6.07) is 0. The minimum Gasteiger partial charge on any atom is -0.388 e. The Kier molecular flexibility index (Phi) is 4.50. The normalized spacial score (nSPS) is 12.9. The highest BCUT2D eigenvalue weighted by Gasteiger charge is 2.20. The minimum atomic E-state index is -0.613. The van der Waals surface area contributed by atoms with Crippen LogP contribution in [0.2, 0.25) is 5.02 Å². The average molecular weight is 297 g/mol. The number of aryl methyl sites for hydroxylation is 4. The van der Waals surface area contributed by atoms with Crippen LogP contribution in [0.5, 0.6) is 0 Å². The second-order valence-corrected chi connectivity index (χ2v) is 5.32. The summed E-state index contributed by atoms with van der Waals surface area (Å²) >= 11 is 6.29. The lowest BCUT2D eigenvalue weighted by Crippen LogP contribution is -2.09. The molecule has 0 aromatic carbocycles. The highest BCUT2D eigenvalue weighted by atomic mass is 35.5. The quantitative estimate of drug-likeness (QED) is 0.922. The molecule has 0 fully saturated rings. The van der Waals surface area contributed by atoms with Gasteiger partial charge in [0.05, 0.1) is 28.2 Å². The van der Waals surface area contributed by atoms with Crippen molar-refractivity contribution in [2.75, 3.05) is 0 Å². The average Bonchev–Trinajstić information content (AvgIpc) is 2.93. The number of rotatable bonds is 5. The fourth-order valence-corrected chi connectivity index (χ4v) is 2.68. The van der Waals surface area contributed by atoms with Crippen molar-refractivity contribution in [3.63, 3.8) is 0 Å². The second-order valence-electron chi connectivity index (χ2n) is 4.94. The largest absolute Gasteiger partial charge is 0.388 e. The lowest BCUT2D eigenvalue weighted by Gasteiger charge is -2.12. The molecule has 1 atom stereocenters. The van der Waals surface area contributed by atoms with Crippen LogP contribution in [0.15, 0.2) is 6.20 Å². The van der Waals surface area contributed by atoms with E-state index in [2.05, 4.69) is 10.2 Å². The van der Waals surface area contributed by atoms with Gasteiger partial charge in [0, 0.05) is 31.8 Å². The molecule has 2 heterocycles. The SMILES string of the molecule is CCc1nn(C)cc1C(O)Cc1c(Cl)c(C)nn1CC. The maximum absolute atomic E-state index is 10.5. The molecule has 0 aliphatic heterocycles. The van der Waals surface area contributed by atoms with Gasteiger partial charge in [-0.15, -0.1) is 0 Å². The molecule has 1 unspecified atom stereocenters. The van der Waals surface area contributed by atoms with Gasteiger partial charge < -0.3 is 5.11 Å². The third-order valence-corrected chi connectivity index (χ3v) is 3.96. The van der Waals surface area contributed by atoms with E-state index in [0.29, 0.717) is 11.4 Å². The fourth-order valence-electron chi connectivity index (χ4n) is 2.46. The predicted octanol–water partition coefficient (Wildman–Crippen LogP) is 2.44. The van der Waals surface area contributed by atoms with Crippen molar-refractivity contribution in [2.24, 2.45) is 7.05 Å². The van der Waals surface area contributed by atoms with Crippen molar-refractivity contribution < 1.29 is 5.11 Å². The lowest BCUT2D eigenvalue weighted by atomic mass is 10.0. The Morgan fingerprint density at radius 1 is 1.35 bits per heavy atom. The van der Waals surface area contributed by atoms with Gasteiger partial charge in [-0.05, 0) is 20.3 Å². The molecule has 0 saturated heterocycles. The molecule has 0 spiro atoms. The Balaban J connectivity index is 2.29. The topological polar surface area (TPSA) is 55.9 Å². The van der Waals surface area contributed by atoms with Crippen LogP contribution in [0.4, 0.5) is 0 Å². The van der Waals surface area contributed by atoms with Crippen LogP contribution in [-0.4, -0.2) is 24.7 Å². The fraction of sp³-hybridized carbons (Fsp3) is 0.571. The molecule has 5 nitrogen and oxygen atoms in total. The van der Waals surface area contributed by atoms with E-state index >= 15 is 0 Å². The van der Waals surface area contributed by atoms with Crippen LogP contribution in [0, 0.1) is 6.92 Å². The summed E-state index contributed by atoms with van der Waals surface area (Å²) in [5.74, 6) is 0. The summed E-state index contributed by atoms with van der Waals surface area (Å²) in [6.07, 6.45) is 2.51. The summed E-state index contributed by atoms with van der Waals surface area (Å²) in [7, 11) is 1.86. The molecule has 2 aromatic rings. The Hall–Kier alpha value is -1.33. The Bertz CT molecular complexity index is 603. The van der Waals surface area contributed by atoms with Gasteiger partial charge in [-0.2, -0.15) is 10.2 Å². The maximum Gasteiger partial charge on any atom is 0.0879 e. The molecular formula is C14H21ClN4O. The van der Waals surface area contributed by atoms with Gasteiger partial charge in [-0.3, -0.25) is 9.36 Å². The van der Waals surface area contributed by atoms with Crippen molar-refractivity contribution >= 4 is 11.6 Å². The minimum absolute atomic E-state index is 0.451. The number of halogens is 1. The smallest absolute Gasteiger partial charge is 0.0879 e. The van der Waals surface area contributed by atoms with Crippen molar-refractivity contribution in [1.29, 1.82) is 0 Å². The van der Waals surface area contributed by atoms with E-state index in [1.54, 1.807) is 4.68 Å². The van der Waals surface area contributed by atoms with E-state index in [9.17, 15) is 5.11 Å². The molecule has 110 valence electrons. The van der Waals surface area contributed by atoms with E-state index in [1.165, 1.54) is 0 Å². The molecule has 6 heteroatoms. The van der Waals surface area contributed by atoms with Gasteiger partial charge in [-0.25, -0.2) is 0 Å². The molecule has 2 aromatic heterocycles. The molecular weight excluding hydrogens is 276 g/mol. The molecule has 20 heavy (non-hydrogen) atoms. The van der Waals surface area contributed by atoms with Gasteiger partial charge in [-0.1, -0.05) is 18.5 Å². The van der Waals surface area contributed by atoms with Gasteiger partial charge in [0.1, 0.15) is 0 Å². The molecule has 1 N–H and O–H groups in total. The Morgan fingerprint density at radius 3 is 2.65 bits per heavy atom. The van der Waals surface area contributed by atoms with Crippen LogP contribution < -0.4 is 0 Å². The highest BCUT2D eigenvalue weighted by Crippen LogP contribution is 2.27. The first-order valence-corrected chi connectivity index (χ1v) is 7.27. The van der Waals surface area contributed by atoms with Crippen LogP contribution >= 0.6 is 11.6 Å². The molecule has 0 radical (unpaired) electrons. The molecule has 0 bridgehead atoms. The van der Waals surface area contributed by atoms with Crippen molar-refractivity contribution in [1.82, 2.24) is 19.6 Å². The number of hydrogen-bond acceptors (Lipinski definition) is 3. The third-order valence-electron chi connectivity index (χ3n) is 3.47. The van der Waals surface area contributed by atoms with Gasteiger partial charge >= 0.3 is 0 Å². The summed E-state index contributed by atoms with van der Waals surface area (Å²) in [5.41, 5.74) is 3.48. The maximum atomic E-state index is 10.5. The number of aliphatic hydroxyl groups is 1. The summed E-state index contributed by atoms with van der Waals surface area (Å²) in [6.45, 7) is 6.67. The monoisotopic (exact) mass is 296 g/mol. The van der Waals surface area contributed by atoms with Crippen LogP contribution in [0.3, 0.4) is 0 Å². The molecule has 0 saturated carbocycles. The van der Waals surface area contributed by atoms with Crippen LogP contribution in [0.25, 0.3) is 0 Å². The zero-order valence-corrected chi connectivity index (χ0v) is 13.1. The van der Waals surface area contributed by atoms with Crippen LogP contribution in [-0.2, 0) is 26.4 Å². The number of aromatic nitrogens is 4. The summed E-state index contributed by atoms with van der Waals surface area (Å²) in [4.78, 5) is 0. The third kappa shape index (κ3) is 2.74. The molecule has 2 rings (SSSR count). The van der Waals surface area contributed by atoms with E-state index in [0.717, 1.165) is 35.6 Å². The van der Waals surface area contributed by atoms with E-state index in [-0.39, 0.29) is 0 Å². The number of hydrogen-bond donors (Lipinski definition) is 1. The number of aliphatic hydroxyl groups excluding tert-OH is 1. The van der Waals surface area contributed by atoms with Crippen molar-refractivity contribution in [2.45, 2.75) is 46.3 Å². The van der Waals surface area contributed by atoms with Crippen molar-refractivity contribution in [3.05, 3.63) is 33.9 Å². The van der Waals surface area contributed by atoms with Crippen molar-refractivity contribution in [3.8, 4) is 0 Å². The predicted molar refractivity (Wildman–Crippen MR) is 78.9 cm³/mol. The second kappa shape index (κ2) is 5.97.